The molecule has 5 aromatic carbocycles. The molecule has 40 heavy (non-hydrogen) atoms. The number of thiophene rings is 2. The van der Waals surface area contributed by atoms with E-state index in [0.717, 1.165) is 86.9 Å². The Morgan fingerprint density at radius 1 is 0.375 bits per heavy atom. The van der Waals surface area contributed by atoms with E-state index in [2.05, 4.69) is 36.4 Å². The number of benzene rings is 5. The van der Waals surface area contributed by atoms with E-state index < -0.39 is 23.5 Å². The van der Waals surface area contributed by atoms with E-state index in [1.807, 2.05) is 12.1 Å². The molecule has 0 atom stereocenters. The van der Waals surface area contributed by atoms with Crippen LogP contribution < -0.4 is 0 Å². The second-order valence-electron chi connectivity index (χ2n) is 9.70. The van der Waals surface area contributed by atoms with Crippen LogP contribution in [0.5, 0.6) is 0 Å². The van der Waals surface area contributed by atoms with Gasteiger partial charge < -0.3 is 0 Å². The van der Waals surface area contributed by atoms with Gasteiger partial charge in [0.1, 0.15) is 0 Å². The lowest BCUT2D eigenvalue weighted by atomic mass is 10.0. The van der Waals surface area contributed by atoms with Crippen molar-refractivity contribution in [1.82, 2.24) is 0 Å². The molecule has 0 saturated heterocycles. The van der Waals surface area contributed by atoms with Gasteiger partial charge in [0, 0.05) is 19.2 Å². The molecule has 2 heterocycles. The molecule has 0 spiro atoms. The molecule has 8 heteroatoms. The Morgan fingerprint density at radius 2 is 0.700 bits per heavy atom. The molecule has 2 aromatic heterocycles. The highest BCUT2D eigenvalue weighted by atomic mass is 32.1. The Labute approximate surface area is 231 Å². The van der Waals surface area contributed by atoms with Gasteiger partial charge in [0.25, 0.3) is 0 Å². The zero-order valence-corrected chi connectivity index (χ0v) is 22.0. The van der Waals surface area contributed by atoms with E-state index in [1.54, 1.807) is 0 Å². The molecule has 0 aliphatic rings. The van der Waals surface area contributed by atoms with Crippen molar-refractivity contribution in [2.24, 2.45) is 0 Å². The molecule has 0 saturated carbocycles. The summed E-state index contributed by atoms with van der Waals surface area (Å²) >= 11 is 3.08. The lowest BCUT2D eigenvalue weighted by molar-refractivity contribution is -0.138. The molecule has 0 fully saturated rings. The summed E-state index contributed by atoms with van der Waals surface area (Å²) in [5.74, 6) is 0. The summed E-state index contributed by atoms with van der Waals surface area (Å²) in [5, 5.41) is 6.25. The van der Waals surface area contributed by atoms with Crippen LogP contribution in [0.4, 0.5) is 26.3 Å². The molecule has 0 amide bonds. The predicted octanol–water partition coefficient (Wildman–Crippen LogP) is 11.8. The van der Waals surface area contributed by atoms with Crippen molar-refractivity contribution in [3.63, 3.8) is 0 Å². The van der Waals surface area contributed by atoms with Crippen molar-refractivity contribution in [3.8, 4) is 20.9 Å². The molecule has 0 bridgehead atoms. The van der Waals surface area contributed by atoms with Crippen LogP contribution in [0.2, 0.25) is 0 Å². The zero-order chi connectivity index (χ0) is 27.8. The quantitative estimate of drug-likeness (QED) is 0.141. The summed E-state index contributed by atoms with van der Waals surface area (Å²) in [4.78, 5) is 1.81. The van der Waals surface area contributed by atoms with Gasteiger partial charge in [0.05, 0.1) is 11.1 Å². The molecule has 0 aliphatic heterocycles. The molecule has 7 rings (SSSR count). The van der Waals surface area contributed by atoms with Gasteiger partial charge in [-0.3, -0.25) is 0 Å². The van der Waals surface area contributed by atoms with Crippen molar-refractivity contribution in [3.05, 3.63) is 108 Å². The van der Waals surface area contributed by atoms with Crippen LogP contribution in [-0.2, 0) is 12.4 Å². The Bertz CT molecular complexity index is 1820. The first kappa shape index (κ1) is 25.1. The molecule has 0 N–H and O–H groups in total. The van der Waals surface area contributed by atoms with Gasteiger partial charge in [-0.15, -0.1) is 22.7 Å². The van der Waals surface area contributed by atoms with Crippen LogP contribution in [-0.4, -0.2) is 0 Å². The van der Waals surface area contributed by atoms with Gasteiger partial charge in [-0.05, 0) is 116 Å². The third-order valence-electron chi connectivity index (χ3n) is 7.06. The van der Waals surface area contributed by atoms with Crippen LogP contribution in [0, 0.1) is 0 Å². The number of rotatable bonds is 2. The van der Waals surface area contributed by atoms with E-state index in [0.29, 0.717) is 0 Å². The monoisotopic (exact) mass is 578 g/mol. The highest BCUT2D eigenvalue weighted by Gasteiger charge is 2.30. The summed E-state index contributed by atoms with van der Waals surface area (Å²) in [6.45, 7) is 0. The second kappa shape index (κ2) is 8.81. The topological polar surface area (TPSA) is 0 Å². The average Bonchev–Trinajstić information content (AvgIpc) is 3.52. The third-order valence-corrected chi connectivity index (χ3v) is 9.35. The standard InChI is InChI=1S/C32H16F6S2/c33-31(34,35)25-5-1-17(2-6-25)27-15-23-11-19-9-22-14-30-24(12-20(22)10-21(19)13-29(23)39-27)16-28(40-30)18-3-7-26(8-4-18)32(36,37)38/h1-16H. The first-order valence-electron chi connectivity index (χ1n) is 12.2. The van der Waals surface area contributed by atoms with Gasteiger partial charge >= 0.3 is 12.4 Å². The highest BCUT2D eigenvalue weighted by Crippen LogP contribution is 2.41. The molecule has 7 aromatic rings. The largest absolute Gasteiger partial charge is 0.416 e. The number of halogens is 6. The SMILES string of the molecule is FC(F)(F)c1ccc(-c2cc3cc4cc5cc6sc(-c7ccc(C(F)(F)F)cc7)cc6cc5cc4cc3s2)cc1. The lowest BCUT2D eigenvalue weighted by Crippen LogP contribution is -2.03. The van der Waals surface area contributed by atoms with Gasteiger partial charge in [0.2, 0.25) is 0 Å². The van der Waals surface area contributed by atoms with E-state index in [9.17, 15) is 26.3 Å². The van der Waals surface area contributed by atoms with Gasteiger partial charge in [-0.2, -0.15) is 26.3 Å². The van der Waals surface area contributed by atoms with Crippen LogP contribution in [0.15, 0.2) is 97.1 Å². The number of fused-ring (bicyclic) bond motifs is 4. The summed E-state index contributed by atoms with van der Waals surface area (Å²) in [5.41, 5.74) is 0.155. The van der Waals surface area contributed by atoms with E-state index in [-0.39, 0.29) is 0 Å². The summed E-state index contributed by atoms with van der Waals surface area (Å²) < 4.78 is 79.8. The lowest BCUT2D eigenvalue weighted by Gasteiger charge is -2.06. The maximum atomic E-state index is 13.0. The summed E-state index contributed by atoms with van der Waals surface area (Å²) in [6.07, 6.45) is -8.73. The van der Waals surface area contributed by atoms with Crippen molar-refractivity contribution >= 4 is 64.4 Å². The van der Waals surface area contributed by atoms with Crippen LogP contribution in [0.25, 0.3) is 62.6 Å². The Hall–Kier alpha value is -3.88. The first-order valence-corrected chi connectivity index (χ1v) is 13.8. The van der Waals surface area contributed by atoms with Gasteiger partial charge in [-0.1, -0.05) is 24.3 Å². The van der Waals surface area contributed by atoms with Gasteiger partial charge in [0.15, 0.2) is 0 Å². The highest BCUT2D eigenvalue weighted by molar-refractivity contribution is 7.22. The Kier molecular flexibility index (Phi) is 5.53. The fourth-order valence-corrected chi connectivity index (χ4v) is 7.20. The minimum atomic E-state index is -4.36. The molecule has 0 nitrogen and oxygen atoms in total. The molecular formula is C32H16F6S2. The van der Waals surface area contributed by atoms with Gasteiger partial charge in [-0.25, -0.2) is 0 Å². The summed E-state index contributed by atoms with van der Waals surface area (Å²) in [6, 6.07) is 27.1. The second-order valence-corrected chi connectivity index (χ2v) is 11.9. The van der Waals surface area contributed by atoms with Crippen molar-refractivity contribution in [2.75, 3.05) is 0 Å². The van der Waals surface area contributed by atoms with E-state index in [1.165, 1.54) is 46.9 Å². The zero-order valence-electron chi connectivity index (χ0n) is 20.3. The molecular weight excluding hydrogens is 562 g/mol. The number of hydrogen-bond donors (Lipinski definition) is 0. The first-order chi connectivity index (χ1) is 19.0. The molecule has 198 valence electrons. The number of alkyl halides is 6. The summed E-state index contributed by atoms with van der Waals surface area (Å²) in [7, 11) is 0. The van der Waals surface area contributed by atoms with Crippen molar-refractivity contribution in [1.29, 1.82) is 0 Å². The normalized spacial score (nSPS) is 12.8. The Balaban J connectivity index is 1.27. The van der Waals surface area contributed by atoms with Crippen molar-refractivity contribution < 1.29 is 26.3 Å². The molecule has 0 radical (unpaired) electrons. The maximum Gasteiger partial charge on any atom is 0.416 e. The smallest absolute Gasteiger partial charge is 0.166 e. The molecule has 0 aliphatic carbocycles. The van der Waals surface area contributed by atoms with E-state index >= 15 is 0 Å². The van der Waals surface area contributed by atoms with Crippen molar-refractivity contribution in [2.45, 2.75) is 12.4 Å². The van der Waals surface area contributed by atoms with E-state index in [4.69, 9.17) is 0 Å². The van der Waals surface area contributed by atoms with Crippen LogP contribution in [0.1, 0.15) is 11.1 Å². The van der Waals surface area contributed by atoms with Crippen LogP contribution in [0.3, 0.4) is 0 Å². The fraction of sp³-hybridized carbons (Fsp3) is 0.0625. The molecule has 0 unspecified atom stereocenters. The fourth-order valence-electron chi connectivity index (χ4n) is 5.01. The average molecular weight is 579 g/mol. The predicted molar refractivity (Wildman–Crippen MR) is 153 cm³/mol. The Morgan fingerprint density at radius 3 is 1.05 bits per heavy atom. The minimum absolute atomic E-state index is 0.666. The van der Waals surface area contributed by atoms with Crippen LogP contribution >= 0.6 is 22.7 Å². The maximum absolute atomic E-state index is 13.0. The number of hydrogen-bond acceptors (Lipinski definition) is 2. The third kappa shape index (κ3) is 4.41. The minimum Gasteiger partial charge on any atom is -0.166 e.